The van der Waals surface area contributed by atoms with Gasteiger partial charge in [0.2, 0.25) is 0 Å². The van der Waals surface area contributed by atoms with Gasteiger partial charge in [-0.25, -0.2) is 0 Å². The van der Waals surface area contributed by atoms with Crippen LogP contribution in [0.3, 0.4) is 0 Å². The molecule has 0 atom stereocenters. The summed E-state index contributed by atoms with van der Waals surface area (Å²) in [4.78, 5) is 4.65. The molecule has 1 aromatic heterocycles. The van der Waals surface area contributed by atoms with Gasteiger partial charge in [0.25, 0.3) is 0 Å². The van der Waals surface area contributed by atoms with Crippen LogP contribution in [0.2, 0.25) is 0 Å². The first-order valence-electron chi connectivity index (χ1n) is 8.80. The summed E-state index contributed by atoms with van der Waals surface area (Å²) in [5, 5.41) is 0. The van der Waals surface area contributed by atoms with E-state index in [1.165, 1.54) is 55.2 Å². The van der Waals surface area contributed by atoms with Crippen molar-refractivity contribution in [1.82, 2.24) is 4.98 Å². The first-order chi connectivity index (χ1) is 10.7. The topological polar surface area (TPSA) is 12.9 Å². The number of hydrogen-bond donors (Lipinski definition) is 0. The molecule has 0 fully saturated rings. The Bertz CT molecular complexity index is 649. The van der Waals surface area contributed by atoms with Crippen molar-refractivity contribution in [2.45, 2.75) is 64.7 Å². The molecule has 2 aromatic rings. The van der Waals surface area contributed by atoms with E-state index in [4.69, 9.17) is 0 Å². The van der Waals surface area contributed by atoms with Gasteiger partial charge in [0, 0.05) is 17.3 Å². The van der Waals surface area contributed by atoms with Gasteiger partial charge in [-0.2, -0.15) is 0 Å². The van der Waals surface area contributed by atoms with Gasteiger partial charge in [0.15, 0.2) is 0 Å². The van der Waals surface area contributed by atoms with E-state index < -0.39 is 0 Å². The molecule has 0 radical (unpaired) electrons. The van der Waals surface area contributed by atoms with Crippen molar-refractivity contribution in [2.24, 2.45) is 0 Å². The number of fused-ring (bicyclic) bond motifs is 3. The molecule has 1 nitrogen and oxygen atoms in total. The predicted molar refractivity (Wildman–Crippen MR) is 94.2 cm³/mol. The summed E-state index contributed by atoms with van der Waals surface area (Å²) in [6.45, 7) is 6.69. The van der Waals surface area contributed by atoms with Crippen LogP contribution in [0.25, 0.3) is 11.1 Å². The highest BCUT2D eigenvalue weighted by atomic mass is 14.7. The minimum absolute atomic E-state index is 0.193. The predicted octanol–water partition coefficient (Wildman–Crippen LogP) is 6.04. The van der Waals surface area contributed by atoms with Crippen molar-refractivity contribution in [3.8, 4) is 11.1 Å². The number of hydrogen-bond acceptors (Lipinski definition) is 1. The molecule has 116 valence electrons. The Hall–Kier alpha value is -1.63. The molecule has 0 spiro atoms. The van der Waals surface area contributed by atoms with Gasteiger partial charge in [0.1, 0.15) is 0 Å². The minimum atomic E-state index is 0.193. The molecule has 1 aliphatic carbocycles. The maximum absolute atomic E-state index is 4.65. The Morgan fingerprint density at radius 2 is 1.59 bits per heavy atom. The number of pyridine rings is 1. The summed E-state index contributed by atoms with van der Waals surface area (Å²) < 4.78 is 0. The molecule has 1 aromatic carbocycles. The third kappa shape index (κ3) is 2.37. The Morgan fingerprint density at radius 1 is 0.909 bits per heavy atom. The minimum Gasteiger partial charge on any atom is -0.261 e. The van der Waals surface area contributed by atoms with Crippen LogP contribution in [0.4, 0.5) is 0 Å². The summed E-state index contributed by atoms with van der Waals surface area (Å²) in [6.07, 6.45) is 9.73. The van der Waals surface area contributed by atoms with Crippen LogP contribution in [-0.4, -0.2) is 4.98 Å². The summed E-state index contributed by atoms with van der Waals surface area (Å²) in [5.41, 5.74) is 7.19. The molecule has 0 N–H and O–H groups in total. The number of benzene rings is 1. The van der Waals surface area contributed by atoms with E-state index in [1.807, 2.05) is 0 Å². The van der Waals surface area contributed by atoms with E-state index in [-0.39, 0.29) is 5.41 Å². The SMILES string of the molecule is CCCCC1(CCCC)c2ccccc2-c2cc(C)ncc21. The molecular weight excluding hydrogens is 266 g/mol. The van der Waals surface area contributed by atoms with Crippen LogP contribution in [0.5, 0.6) is 0 Å². The monoisotopic (exact) mass is 293 g/mol. The first kappa shape index (κ1) is 15.3. The van der Waals surface area contributed by atoms with E-state index in [9.17, 15) is 0 Å². The van der Waals surface area contributed by atoms with E-state index in [0.29, 0.717) is 0 Å². The highest BCUT2D eigenvalue weighted by Gasteiger charge is 2.42. The van der Waals surface area contributed by atoms with Gasteiger partial charge in [-0.1, -0.05) is 63.8 Å². The largest absolute Gasteiger partial charge is 0.261 e. The van der Waals surface area contributed by atoms with Gasteiger partial charge in [-0.05, 0) is 48.1 Å². The molecule has 0 amide bonds. The Kier molecular flexibility index (Phi) is 4.33. The second-order valence-corrected chi connectivity index (χ2v) is 6.71. The first-order valence-corrected chi connectivity index (χ1v) is 8.80. The molecule has 3 rings (SSSR count). The summed E-state index contributed by atoms with van der Waals surface area (Å²) in [5.74, 6) is 0. The Labute approximate surface area is 134 Å². The van der Waals surface area contributed by atoms with Gasteiger partial charge < -0.3 is 0 Å². The van der Waals surface area contributed by atoms with Crippen molar-refractivity contribution in [3.05, 3.63) is 53.3 Å². The van der Waals surface area contributed by atoms with Crippen molar-refractivity contribution in [3.63, 3.8) is 0 Å². The highest BCUT2D eigenvalue weighted by molar-refractivity contribution is 5.80. The zero-order valence-corrected chi connectivity index (χ0v) is 14.2. The zero-order valence-electron chi connectivity index (χ0n) is 14.2. The van der Waals surface area contributed by atoms with Crippen molar-refractivity contribution in [1.29, 1.82) is 0 Å². The second-order valence-electron chi connectivity index (χ2n) is 6.71. The fraction of sp³-hybridized carbons (Fsp3) is 0.476. The number of unbranched alkanes of at least 4 members (excludes halogenated alkanes) is 2. The third-order valence-corrected chi connectivity index (χ3v) is 5.20. The van der Waals surface area contributed by atoms with Crippen molar-refractivity contribution in [2.75, 3.05) is 0 Å². The van der Waals surface area contributed by atoms with Crippen LogP contribution in [0, 0.1) is 6.92 Å². The van der Waals surface area contributed by atoms with Gasteiger partial charge in [-0.3, -0.25) is 4.98 Å². The van der Waals surface area contributed by atoms with Crippen LogP contribution >= 0.6 is 0 Å². The molecule has 0 saturated heterocycles. The molecule has 0 unspecified atom stereocenters. The van der Waals surface area contributed by atoms with E-state index >= 15 is 0 Å². The lowest BCUT2D eigenvalue weighted by molar-refractivity contribution is 0.413. The molecule has 1 heterocycles. The van der Waals surface area contributed by atoms with Crippen LogP contribution in [0.1, 0.15) is 69.2 Å². The van der Waals surface area contributed by atoms with Gasteiger partial charge in [-0.15, -0.1) is 0 Å². The van der Waals surface area contributed by atoms with E-state index in [2.05, 4.69) is 62.3 Å². The summed E-state index contributed by atoms with van der Waals surface area (Å²) >= 11 is 0. The normalized spacial score (nSPS) is 14.7. The lowest BCUT2D eigenvalue weighted by Crippen LogP contribution is -2.25. The maximum atomic E-state index is 4.65. The number of nitrogens with zero attached hydrogens (tertiary/aromatic N) is 1. The molecular formula is C21H27N. The smallest absolute Gasteiger partial charge is 0.0379 e. The van der Waals surface area contributed by atoms with Gasteiger partial charge >= 0.3 is 0 Å². The van der Waals surface area contributed by atoms with Crippen LogP contribution in [0.15, 0.2) is 36.5 Å². The third-order valence-electron chi connectivity index (χ3n) is 5.20. The summed E-state index contributed by atoms with van der Waals surface area (Å²) in [7, 11) is 0. The highest BCUT2D eigenvalue weighted by Crippen LogP contribution is 2.53. The molecule has 1 heteroatoms. The molecule has 0 bridgehead atoms. The quantitative estimate of drug-likeness (QED) is 0.633. The number of rotatable bonds is 6. The summed E-state index contributed by atoms with van der Waals surface area (Å²) in [6, 6.07) is 11.3. The van der Waals surface area contributed by atoms with Gasteiger partial charge in [0.05, 0.1) is 0 Å². The molecule has 1 aliphatic rings. The van der Waals surface area contributed by atoms with Crippen LogP contribution in [-0.2, 0) is 5.41 Å². The standard InChI is InChI=1S/C21H27N/c1-4-6-12-21(13-7-5-2)19-11-9-8-10-17(19)18-14-16(3)22-15-20(18)21/h8-11,14-15H,4-7,12-13H2,1-3H3. The van der Waals surface area contributed by atoms with Crippen LogP contribution < -0.4 is 0 Å². The Morgan fingerprint density at radius 3 is 2.27 bits per heavy atom. The van der Waals surface area contributed by atoms with E-state index in [0.717, 1.165) is 5.69 Å². The zero-order chi connectivity index (χ0) is 15.6. The number of aryl methyl sites for hydroxylation is 1. The second kappa shape index (κ2) is 6.24. The van der Waals surface area contributed by atoms with E-state index in [1.54, 1.807) is 5.56 Å². The number of aromatic nitrogens is 1. The maximum Gasteiger partial charge on any atom is 0.0379 e. The van der Waals surface area contributed by atoms with Crippen molar-refractivity contribution < 1.29 is 0 Å². The average Bonchev–Trinajstić information content (AvgIpc) is 2.81. The van der Waals surface area contributed by atoms with Crippen molar-refractivity contribution >= 4 is 0 Å². The fourth-order valence-electron chi connectivity index (χ4n) is 4.07. The molecule has 0 aliphatic heterocycles. The molecule has 0 saturated carbocycles. The molecule has 22 heavy (non-hydrogen) atoms. The average molecular weight is 293 g/mol. The lowest BCUT2D eigenvalue weighted by atomic mass is 9.71. The lowest BCUT2D eigenvalue weighted by Gasteiger charge is -2.32. The fourth-order valence-corrected chi connectivity index (χ4v) is 4.07. The Balaban J connectivity index is 2.19.